The fourth-order valence-corrected chi connectivity index (χ4v) is 1.38. The Morgan fingerprint density at radius 2 is 2.18 bits per heavy atom. The van der Waals surface area contributed by atoms with Gasteiger partial charge in [0.25, 0.3) is 0 Å². The number of hydrogen-bond donors (Lipinski definition) is 1. The summed E-state index contributed by atoms with van der Waals surface area (Å²) in [5, 5.41) is 9.54. The van der Waals surface area contributed by atoms with Crippen LogP contribution in [0.25, 0.3) is 0 Å². The van der Waals surface area contributed by atoms with Crippen LogP contribution in [0.1, 0.15) is 27.2 Å². The van der Waals surface area contributed by atoms with Crippen molar-refractivity contribution in [1.82, 2.24) is 0 Å². The average molecular weight is 152 g/mol. The molecule has 1 aliphatic carbocycles. The molecular formula is C10H16O. The van der Waals surface area contributed by atoms with Crippen molar-refractivity contribution in [3.8, 4) is 0 Å². The van der Waals surface area contributed by atoms with Crippen molar-refractivity contribution in [1.29, 1.82) is 0 Å². The van der Waals surface area contributed by atoms with Gasteiger partial charge in [0.15, 0.2) is 0 Å². The van der Waals surface area contributed by atoms with Crippen molar-refractivity contribution in [2.45, 2.75) is 27.2 Å². The van der Waals surface area contributed by atoms with Crippen LogP contribution in [0.15, 0.2) is 23.5 Å². The van der Waals surface area contributed by atoms with E-state index in [1.54, 1.807) is 0 Å². The van der Waals surface area contributed by atoms with E-state index in [-0.39, 0.29) is 0 Å². The van der Waals surface area contributed by atoms with Gasteiger partial charge in [0.1, 0.15) is 0 Å². The summed E-state index contributed by atoms with van der Waals surface area (Å²) in [6, 6.07) is 0. The third kappa shape index (κ3) is 1.86. The highest BCUT2D eigenvalue weighted by molar-refractivity contribution is 5.28. The minimum Gasteiger partial charge on any atom is -0.512 e. The Morgan fingerprint density at radius 1 is 1.55 bits per heavy atom. The van der Waals surface area contributed by atoms with Crippen LogP contribution in [0.3, 0.4) is 0 Å². The highest BCUT2D eigenvalue weighted by Crippen LogP contribution is 2.25. The molecule has 0 aromatic carbocycles. The van der Waals surface area contributed by atoms with Crippen LogP contribution >= 0.6 is 0 Å². The molecule has 1 rings (SSSR count). The van der Waals surface area contributed by atoms with Crippen LogP contribution in [0.5, 0.6) is 0 Å². The van der Waals surface area contributed by atoms with Crippen LogP contribution < -0.4 is 0 Å². The van der Waals surface area contributed by atoms with E-state index >= 15 is 0 Å². The van der Waals surface area contributed by atoms with Gasteiger partial charge in [-0.05, 0) is 17.4 Å². The first-order valence-electron chi connectivity index (χ1n) is 4.21. The van der Waals surface area contributed by atoms with E-state index < -0.39 is 0 Å². The zero-order valence-electron chi connectivity index (χ0n) is 7.46. The molecule has 0 aromatic rings. The van der Waals surface area contributed by atoms with Crippen LogP contribution in [0.2, 0.25) is 0 Å². The van der Waals surface area contributed by atoms with Gasteiger partial charge in [0.2, 0.25) is 0 Å². The third-order valence-electron chi connectivity index (χ3n) is 2.07. The molecule has 1 aliphatic rings. The lowest BCUT2D eigenvalue weighted by atomic mass is 9.91. The fourth-order valence-electron chi connectivity index (χ4n) is 1.38. The molecule has 0 fully saturated rings. The molecule has 0 radical (unpaired) electrons. The highest BCUT2D eigenvalue weighted by Gasteiger charge is 2.13. The Hall–Kier alpha value is -0.720. The number of aliphatic hydroxyl groups is 1. The van der Waals surface area contributed by atoms with Crippen LogP contribution in [0.4, 0.5) is 0 Å². The quantitative estimate of drug-likeness (QED) is 0.612. The summed E-state index contributed by atoms with van der Waals surface area (Å²) in [5.74, 6) is 1.52. The molecular weight excluding hydrogens is 136 g/mol. The van der Waals surface area contributed by atoms with Crippen molar-refractivity contribution < 1.29 is 5.11 Å². The standard InChI is InChI=1S/C10H16O/c1-7(2)9-5-4-8(3)6-10(9)11/h4-5,7-8,11H,6H2,1-3H3/t8-/m0/s1. The topological polar surface area (TPSA) is 20.2 Å². The Balaban J connectivity index is 2.80. The van der Waals surface area contributed by atoms with Gasteiger partial charge in [-0.15, -0.1) is 0 Å². The van der Waals surface area contributed by atoms with E-state index in [1.807, 2.05) is 6.08 Å². The first kappa shape index (κ1) is 8.38. The van der Waals surface area contributed by atoms with Gasteiger partial charge in [-0.1, -0.05) is 32.9 Å². The van der Waals surface area contributed by atoms with Gasteiger partial charge >= 0.3 is 0 Å². The van der Waals surface area contributed by atoms with E-state index in [0.29, 0.717) is 17.6 Å². The molecule has 0 saturated heterocycles. The lowest BCUT2D eigenvalue weighted by molar-refractivity contribution is 0.356. The molecule has 0 bridgehead atoms. The molecule has 0 aromatic heterocycles. The van der Waals surface area contributed by atoms with Crippen molar-refractivity contribution in [3.63, 3.8) is 0 Å². The lowest BCUT2D eigenvalue weighted by Gasteiger charge is -2.17. The van der Waals surface area contributed by atoms with Crippen LogP contribution in [0, 0.1) is 11.8 Å². The minimum absolute atomic E-state index is 0.443. The van der Waals surface area contributed by atoms with E-state index in [1.165, 1.54) is 0 Å². The molecule has 1 nitrogen and oxygen atoms in total. The van der Waals surface area contributed by atoms with Gasteiger partial charge in [0.05, 0.1) is 5.76 Å². The summed E-state index contributed by atoms with van der Waals surface area (Å²) < 4.78 is 0. The SMILES string of the molecule is CC(C)C1=C(O)C[C@@H](C)C=C1. The average Bonchev–Trinajstić information content (AvgIpc) is 1.85. The van der Waals surface area contributed by atoms with Gasteiger partial charge in [-0.25, -0.2) is 0 Å². The van der Waals surface area contributed by atoms with Crippen LogP contribution in [-0.2, 0) is 0 Å². The summed E-state index contributed by atoms with van der Waals surface area (Å²) in [7, 11) is 0. The summed E-state index contributed by atoms with van der Waals surface area (Å²) in [6.45, 7) is 6.32. The summed E-state index contributed by atoms with van der Waals surface area (Å²) in [6.07, 6.45) is 5.02. The van der Waals surface area contributed by atoms with Gasteiger partial charge in [-0.3, -0.25) is 0 Å². The fraction of sp³-hybridized carbons (Fsp3) is 0.600. The maximum Gasteiger partial charge on any atom is 0.0962 e. The lowest BCUT2D eigenvalue weighted by Crippen LogP contribution is -2.05. The van der Waals surface area contributed by atoms with Crippen LogP contribution in [-0.4, -0.2) is 5.11 Å². The first-order valence-corrected chi connectivity index (χ1v) is 4.21. The van der Waals surface area contributed by atoms with Crippen molar-refractivity contribution in [2.75, 3.05) is 0 Å². The second-order valence-electron chi connectivity index (χ2n) is 3.60. The maximum absolute atomic E-state index is 9.54. The molecule has 0 saturated carbocycles. The van der Waals surface area contributed by atoms with E-state index in [2.05, 4.69) is 26.8 Å². The van der Waals surface area contributed by atoms with E-state index in [9.17, 15) is 5.11 Å². The second-order valence-corrected chi connectivity index (χ2v) is 3.60. The minimum atomic E-state index is 0.443. The van der Waals surface area contributed by atoms with Crippen molar-refractivity contribution in [2.24, 2.45) is 11.8 Å². The Morgan fingerprint density at radius 3 is 2.64 bits per heavy atom. The molecule has 1 atom stereocenters. The zero-order valence-corrected chi connectivity index (χ0v) is 7.46. The monoisotopic (exact) mass is 152 g/mol. The zero-order chi connectivity index (χ0) is 8.43. The predicted molar refractivity (Wildman–Crippen MR) is 47.4 cm³/mol. The molecule has 0 spiro atoms. The predicted octanol–water partition coefficient (Wildman–Crippen LogP) is 3.05. The van der Waals surface area contributed by atoms with Gasteiger partial charge in [-0.2, -0.15) is 0 Å². The molecule has 11 heavy (non-hydrogen) atoms. The second kappa shape index (κ2) is 3.12. The summed E-state index contributed by atoms with van der Waals surface area (Å²) in [5.41, 5.74) is 1.10. The molecule has 0 aliphatic heterocycles. The molecule has 0 amide bonds. The maximum atomic E-state index is 9.54. The number of allylic oxidation sites excluding steroid dienone is 4. The third-order valence-corrected chi connectivity index (χ3v) is 2.07. The molecule has 62 valence electrons. The summed E-state index contributed by atoms with van der Waals surface area (Å²) >= 11 is 0. The molecule has 0 heterocycles. The van der Waals surface area contributed by atoms with Crippen molar-refractivity contribution in [3.05, 3.63) is 23.5 Å². The summed E-state index contributed by atoms with van der Waals surface area (Å²) in [4.78, 5) is 0. The number of rotatable bonds is 1. The molecule has 0 unspecified atom stereocenters. The Kier molecular flexibility index (Phi) is 2.38. The van der Waals surface area contributed by atoms with E-state index in [0.717, 1.165) is 12.0 Å². The normalized spacial score (nSPS) is 24.9. The number of hydrogen-bond acceptors (Lipinski definition) is 1. The largest absolute Gasteiger partial charge is 0.512 e. The van der Waals surface area contributed by atoms with Gasteiger partial charge in [0, 0.05) is 6.42 Å². The smallest absolute Gasteiger partial charge is 0.0962 e. The Bertz CT molecular complexity index is 199. The van der Waals surface area contributed by atoms with Gasteiger partial charge < -0.3 is 5.11 Å². The van der Waals surface area contributed by atoms with Crippen molar-refractivity contribution >= 4 is 0 Å². The highest BCUT2D eigenvalue weighted by atomic mass is 16.3. The molecule has 1 heteroatoms. The Labute approximate surface area is 68.4 Å². The molecule has 1 N–H and O–H groups in total. The first-order chi connectivity index (χ1) is 5.11. The van der Waals surface area contributed by atoms with E-state index in [4.69, 9.17) is 0 Å². The number of aliphatic hydroxyl groups excluding tert-OH is 1.